The van der Waals surface area contributed by atoms with Crippen LogP contribution in [0.3, 0.4) is 0 Å². The molecule has 23 heavy (non-hydrogen) atoms. The van der Waals surface area contributed by atoms with Crippen molar-refractivity contribution in [2.45, 2.75) is 46.1 Å². The number of carbonyl (C=O) groups excluding carboxylic acids is 2. The summed E-state index contributed by atoms with van der Waals surface area (Å²) in [6.07, 6.45) is 3.32. The molecule has 1 heterocycles. The van der Waals surface area contributed by atoms with Gasteiger partial charge in [-0.3, -0.25) is 14.5 Å². The Morgan fingerprint density at radius 1 is 1.30 bits per heavy atom. The van der Waals surface area contributed by atoms with Crippen LogP contribution in [0.2, 0.25) is 0 Å². The predicted molar refractivity (Wildman–Crippen MR) is 90.2 cm³/mol. The number of rotatable bonds is 7. The largest absolute Gasteiger partial charge is 0.466 e. The maximum Gasteiger partial charge on any atom is 0.305 e. The molecular formula is C18H26N2O3. The van der Waals surface area contributed by atoms with E-state index < -0.39 is 0 Å². The fourth-order valence-corrected chi connectivity index (χ4v) is 3.00. The van der Waals surface area contributed by atoms with Gasteiger partial charge in [-0.2, -0.15) is 0 Å². The van der Waals surface area contributed by atoms with E-state index in [0.717, 1.165) is 44.6 Å². The summed E-state index contributed by atoms with van der Waals surface area (Å²) in [6, 6.07) is 6.09. The number of benzene rings is 1. The lowest BCUT2D eigenvalue weighted by molar-refractivity contribution is -0.143. The highest BCUT2D eigenvalue weighted by Gasteiger charge is 2.18. The lowest BCUT2D eigenvalue weighted by Crippen LogP contribution is -2.32. The minimum atomic E-state index is -0.101. The van der Waals surface area contributed by atoms with Crippen molar-refractivity contribution in [1.29, 1.82) is 0 Å². The van der Waals surface area contributed by atoms with Crippen molar-refractivity contribution in [3.05, 3.63) is 29.3 Å². The Hall–Kier alpha value is -1.88. The number of carbonyl (C=O) groups is 2. The van der Waals surface area contributed by atoms with E-state index in [1.54, 1.807) is 0 Å². The zero-order valence-corrected chi connectivity index (χ0v) is 14.1. The molecule has 1 aliphatic rings. The van der Waals surface area contributed by atoms with Gasteiger partial charge in [-0.15, -0.1) is 0 Å². The molecule has 0 bridgehead atoms. The Morgan fingerprint density at radius 2 is 2.13 bits per heavy atom. The SMILES string of the molecule is CCOC(=O)CCCCN1CCc2c(cccc2NC(C)=O)C1. The van der Waals surface area contributed by atoms with Crippen LogP contribution in [0.5, 0.6) is 0 Å². The number of anilines is 1. The van der Waals surface area contributed by atoms with E-state index in [0.29, 0.717) is 13.0 Å². The second kappa shape index (κ2) is 8.67. The molecule has 2 rings (SSSR count). The first-order valence-electron chi connectivity index (χ1n) is 8.36. The summed E-state index contributed by atoms with van der Waals surface area (Å²) < 4.78 is 4.94. The smallest absolute Gasteiger partial charge is 0.305 e. The molecule has 0 atom stereocenters. The molecule has 1 amide bonds. The summed E-state index contributed by atoms with van der Waals surface area (Å²) in [5, 5.41) is 2.92. The van der Waals surface area contributed by atoms with Gasteiger partial charge in [0, 0.05) is 32.1 Å². The van der Waals surface area contributed by atoms with Gasteiger partial charge in [0.1, 0.15) is 0 Å². The van der Waals surface area contributed by atoms with E-state index in [2.05, 4.69) is 16.3 Å². The third-order valence-corrected chi connectivity index (χ3v) is 4.07. The fourth-order valence-electron chi connectivity index (χ4n) is 3.00. The number of fused-ring (bicyclic) bond motifs is 1. The average molecular weight is 318 g/mol. The van der Waals surface area contributed by atoms with Crippen molar-refractivity contribution < 1.29 is 14.3 Å². The predicted octanol–water partition coefficient (Wildman–Crippen LogP) is 2.74. The number of hydrogen-bond donors (Lipinski definition) is 1. The molecule has 0 saturated carbocycles. The van der Waals surface area contributed by atoms with Gasteiger partial charge in [0.2, 0.25) is 5.91 Å². The molecule has 126 valence electrons. The van der Waals surface area contributed by atoms with Gasteiger partial charge in [0.25, 0.3) is 0 Å². The third-order valence-electron chi connectivity index (χ3n) is 4.07. The van der Waals surface area contributed by atoms with Crippen molar-refractivity contribution >= 4 is 17.6 Å². The van der Waals surface area contributed by atoms with Crippen LogP contribution in [0, 0.1) is 0 Å². The van der Waals surface area contributed by atoms with E-state index >= 15 is 0 Å². The Morgan fingerprint density at radius 3 is 2.87 bits per heavy atom. The molecule has 1 aromatic carbocycles. The van der Waals surface area contributed by atoms with Gasteiger partial charge in [-0.1, -0.05) is 12.1 Å². The van der Waals surface area contributed by atoms with Crippen LogP contribution in [-0.2, 0) is 27.3 Å². The molecule has 0 saturated heterocycles. The van der Waals surface area contributed by atoms with Gasteiger partial charge >= 0.3 is 5.97 Å². The van der Waals surface area contributed by atoms with Crippen LogP contribution in [0.1, 0.15) is 44.2 Å². The highest BCUT2D eigenvalue weighted by Crippen LogP contribution is 2.26. The molecule has 5 nitrogen and oxygen atoms in total. The highest BCUT2D eigenvalue weighted by atomic mass is 16.5. The van der Waals surface area contributed by atoms with E-state index in [1.807, 2.05) is 19.1 Å². The first-order chi connectivity index (χ1) is 11.1. The first-order valence-corrected chi connectivity index (χ1v) is 8.36. The number of unbranched alkanes of at least 4 members (excludes halogenated alkanes) is 1. The summed E-state index contributed by atoms with van der Waals surface area (Å²) in [5.41, 5.74) is 3.48. The van der Waals surface area contributed by atoms with E-state index in [4.69, 9.17) is 4.74 Å². The number of hydrogen-bond acceptors (Lipinski definition) is 4. The number of amides is 1. The van der Waals surface area contributed by atoms with Crippen LogP contribution < -0.4 is 5.32 Å². The van der Waals surface area contributed by atoms with Crippen molar-refractivity contribution in [2.24, 2.45) is 0 Å². The normalized spacial score (nSPS) is 14.2. The fraction of sp³-hybridized carbons (Fsp3) is 0.556. The number of nitrogens with one attached hydrogen (secondary N) is 1. The molecule has 0 unspecified atom stereocenters. The summed E-state index contributed by atoms with van der Waals surface area (Å²) >= 11 is 0. The molecule has 1 aliphatic heterocycles. The zero-order valence-electron chi connectivity index (χ0n) is 14.1. The topological polar surface area (TPSA) is 58.6 Å². The maximum atomic E-state index is 11.3. The molecule has 0 aliphatic carbocycles. The van der Waals surface area contributed by atoms with Gasteiger partial charge in [0.05, 0.1) is 6.61 Å². The highest BCUT2D eigenvalue weighted by molar-refractivity contribution is 5.89. The lowest BCUT2D eigenvalue weighted by atomic mass is 9.97. The van der Waals surface area contributed by atoms with Crippen LogP contribution in [0.4, 0.5) is 5.69 Å². The summed E-state index contributed by atoms with van der Waals surface area (Å²) in [5.74, 6) is -0.128. The van der Waals surface area contributed by atoms with E-state index in [9.17, 15) is 9.59 Å². The minimum absolute atomic E-state index is 0.0280. The molecule has 5 heteroatoms. The van der Waals surface area contributed by atoms with Gasteiger partial charge in [-0.05, 0) is 49.9 Å². The van der Waals surface area contributed by atoms with E-state index in [-0.39, 0.29) is 11.9 Å². The van der Waals surface area contributed by atoms with Gasteiger partial charge < -0.3 is 10.1 Å². The number of ether oxygens (including phenoxy) is 1. The summed E-state index contributed by atoms with van der Waals surface area (Å²) in [7, 11) is 0. The Labute approximate surface area is 138 Å². The lowest BCUT2D eigenvalue weighted by Gasteiger charge is -2.30. The Bertz CT molecular complexity index is 557. The summed E-state index contributed by atoms with van der Waals surface area (Å²) in [4.78, 5) is 25.0. The molecule has 0 spiro atoms. The molecular weight excluding hydrogens is 292 g/mol. The second-order valence-electron chi connectivity index (χ2n) is 5.91. The van der Waals surface area contributed by atoms with Gasteiger partial charge in [-0.25, -0.2) is 0 Å². The number of nitrogens with zero attached hydrogens (tertiary/aromatic N) is 1. The second-order valence-corrected chi connectivity index (χ2v) is 5.91. The molecule has 0 fully saturated rings. The van der Waals surface area contributed by atoms with Crippen molar-refractivity contribution in [3.63, 3.8) is 0 Å². The number of esters is 1. The molecule has 0 radical (unpaired) electrons. The van der Waals surface area contributed by atoms with Crippen LogP contribution in [0.25, 0.3) is 0 Å². The van der Waals surface area contributed by atoms with Crippen LogP contribution in [-0.4, -0.2) is 36.5 Å². The van der Waals surface area contributed by atoms with Crippen LogP contribution >= 0.6 is 0 Å². The molecule has 0 aromatic heterocycles. The van der Waals surface area contributed by atoms with Crippen LogP contribution in [0.15, 0.2) is 18.2 Å². The Balaban J connectivity index is 1.82. The summed E-state index contributed by atoms with van der Waals surface area (Å²) in [6.45, 7) is 6.71. The maximum absolute atomic E-state index is 11.3. The van der Waals surface area contributed by atoms with Crippen molar-refractivity contribution in [2.75, 3.05) is 25.0 Å². The quantitative estimate of drug-likeness (QED) is 0.620. The first kappa shape index (κ1) is 17.5. The third kappa shape index (κ3) is 5.36. The van der Waals surface area contributed by atoms with Crippen molar-refractivity contribution in [3.8, 4) is 0 Å². The van der Waals surface area contributed by atoms with Crippen molar-refractivity contribution in [1.82, 2.24) is 4.90 Å². The monoisotopic (exact) mass is 318 g/mol. The standard InChI is InChI=1S/C18H26N2O3/c1-3-23-18(22)9-4-5-11-20-12-10-16-15(13-20)7-6-8-17(16)19-14(2)21/h6-8H,3-5,9-13H2,1-2H3,(H,19,21). The molecule has 1 N–H and O–H groups in total. The average Bonchev–Trinajstić information content (AvgIpc) is 2.51. The Kier molecular flexibility index (Phi) is 6.59. The van der Waals surface area contributed by atoms with E-state index in [1.165, 1.54) is 18.1 Å². The minimum Gasteiger partial charge on any atom is -0.466 e. The zero-order chi connectivity index (χ0) is 16.7. The van der Waals surface area contributed by atoms with Gasteiger partial charge in [0.15, 0.2) is 0 Å². The molecule has 1 aromatic rings.